The molecule has 0 saturated carbocycles. The number of hydrogen-bond donors (Lipinski definition) is 2. The minimum atomic E-state index is -3.30. The summed E-state index contributed by atoms with van der Waals surface area (Å²) in [6.45, 7) is 2.13. The number of rotatable bonds is 5. The summed E-state index contributed by atoms with van der Waals surface area (Å²) in [4.78, 5) is 12.4. The van der Waals surface area contributed by atoms with Crippen molar-refractivity contribution in [3.63, 3.8) is 0 Å². The number of carbonyl (C=O) groups excluding carboxylic acids is 1. The van der Waals surface area contributed by atoms with E-state index < -0.39 is 10.0 Å². The fourth-order valence-electron chi connectivity index (χ4n) is 3.02. The molecule has 0 unspecified atom stereocenters. The second-order valence-electron chi connectivity index (χ2n) is 6.19. The van der Waals surface area contributed by atoms with Crippen molar-refractivity contribution in [2.45, 2.75) is 25.9 Å². The fourth-order valence-corrected chi connectivity index (χ4v) is 3.43. The normalized spacial score (nSPS) is 19.9. The number of benzene rings is 1. The van der Waals surface area contributed by atoms with Gasteiger partial charge in [0, 0.05) is 0 Å². The van der Waals surface area contributed by atoms with E-state index in [4.69, 9.17) is 4.42 Å². The number of carbonyl (C=O) groups is 1. The quantitative estimate of drug-likeness (QED) is 0.865. The van der Waals surface area contributed by atoms with Crippen LogP contribution in [0.2, 0.25) is 0 Å². The Morgan fingerprint density at radius 1 is 1.25 bits per heavy atom. The van der Waals surface area contributed by atoms with Gasteiger partial charge in [-0.2, -0.15) is 0 Å². The molecule has 3 rings (SSSR count). The Bertz CT molecular complexity index is 857. The number of fused-ring (bicyclic) bond motifs is 1. The van der Waals surface area contributed by atoms with E-state index in [1.54, 1.807) is 12.1 Å². The standard InChI is InChI=1S/C17H20N2O4S/c1-11-9-12-5-3-4-6-14(12)16(11)19-17(20)15-8-7-13(23-15)10-18-24(2,21)22/h3-8,11,16,18H,9-10H2,1-2H3,(H,19,20)/t11-,16-/m0/s1. The van der Waals surface area contributed by atoms with Crippen molar-refractivity contribution in [3.05, 3.63) is 59.0 Å². The first kappa shape index (κ1) is 16.7. The molecule has 0 spiro atoms. The van der Waals surface area contributed by atoms with Crippen molar-refractivity contribution >= 4 is 15.9 Å². The summed E-state index contributed by atoms with van der Waals surface area (Å²) in [5, 5.41) is 3.02. The zero-order chi connectivity index (χ0) is 17.3. The van der Waals surface area contributed by atoms with Crippen LogP contribution >= 0.6 is 0 Å². The average Bonchev–Trinajstić information content (AvgIpc) is 3.10. The van der Waals surface area contributed by atoms with Crippen molar-refractivity contribution in [2.75, 3.05) is 6.26 Å². The summed E-state index contributed by atoms with van der Waals surface area (Å²) >= 11 is 0. The van der Waals surface area contributed by atoms with Crippen LogP contribution in [-0.4, -0.2) is 20.6 Å². The van der Waals surface area contributed by atoms with Crippen LogP contribution in [0.1, 0.15) is 40.4 Å². The summed E-state index contributed by atoms with van der Waals surface area (Å²) in [6.07, 6.45) is 2.01. The Labute approximate surface area is 141 Å². The number of amides is 1. The van der Waals surface area contributed by atoms with E-state index in [0.717, 1.165) is 18.2 Å². The Balaban J connectivity index is 1.69. The molecule has 1 aromatic heterocycles. The van der Waals surface area contributed by atoms with E-state index in [2.05, 4.69) is 23.0 Å². The van der Waals surface area contributed by atoms with Gasteiger partial charge in [0.1, 0.15) is 5.76 Å². The Hall–Kier alpha value is -2.12. The lowest BCUT2D eigenvalue weighted by Gasteiger charge is -2.18. The summed E-state index contributed by atoms with van der Waals surface area (Å²) in [6, 6.07) is 11.2. The second kappa shape index (κ2) is 6.41. The van der Waals surface area contributed by atoms with Crippen LogP contribution in [0.25, 0.3) is 0 Å². The van der Waals surface area contributed by atoms with Gasteiger partial charge in [-0.25, -0.2) is 13.1 Å². The largest absolute Gasteiger partial charge is 0.455 e. The van der Waals surface area contributed by atoms with E-state index >= 15 is 0 Å². The van der Waals surface area contributed by atoms with Gasteiger partial charge < -0.3 is 9.73 Å². The van der Waals surface area contributed by atoms with E-state index in [1.807, 2.05) is 18.2 Å². The molecule has 1 amide bonds. The van der Waals surface area contributed by atoms with E-state index in [0.29, 0.717) is 11.7 Å². The Morgan fingerprint density at radius 2 is 2.00 bits per heavy atom. The summed E-state index contributed by atoms with van der Waals surface area (Å²) in [5.74, 6) is 0.587. The number of hydrogen-bond acceptors (Lipinski definition) is 4. The monoisotopic (exact) mass is 348 g/mol. The van der Waals surface area contributed by atoms with Crippen LogP contribution in [0, 0.1) is 5.92 Å². The molecule has 2 N–H and O–H groups in total. The molecule has 0 aliphatic heterocycles. The molecule has 0 saturated heterocycles. The maximum atomic E-state index is 12.4. The molecular formula is C17H20N2O4S. The zero-order valence-corrected chi connectivity index (χ0v) is 14.4. The first-order valence-electron chi connectivity index (χ1n) is 7.75. The summed E-state index contributed by atoms with van der Waals surface area (Å²) in [5.41, 5.74) is 2.40. The van der Waals surface area contributed by atoms with E-state index in [-0.39, 0.29) is 24.3 Å². The van der Waals surface area contributed by atoms with Crippen LogP contribution in [0.4, 0.5) is 0 Å². The molecular weight excluding hydrogens is 328 g/mol. The Morgan fingerprint density at radius 3 is 2.75 bits per heavy atom. The van der Waals surface area contributed by atoms with Gasteiger partial charge in [0.2, 0.25) is 10.0 Å². The first-order chi connectivity index (χ1) is 11.3. The lowest BCUT2D eigenvalue weighted by Crippen LogP contribution is -2.30. The highest BCUT2D eigenvalue weighted by atomic mass is 32.2. The van der Waals surface area contributed by atoms with Crippen LogP contribution in [0.3, 0.4) is 0 Å². The third-order valence-corrected chi connectivity index (χ3v) is 4.85. The molecule has 1 aromatic carbocycles. The highest BCUT2D eigenvalue weighted by Crippen LogP contribution is 2.35. The van der Waals surface area contributed by atoms with Crippen LogP contribution < -0.4 is 10.0 Å². The maximum absolute atomic E-state index is 12.4. The molecule has 0 radical (unpaired) electrons. The van der Waals surface area contributed by atoms with Crippen molar-refractivity contribution in [1.82, 2.24) is 10.0 Å². The van der Waals surface area contributed by atoms with Crippen LogP contribution in [0.5, 0.6) is 0 Å². The summed E-state index contributed by atoms with van der Waals surface area (Å²) < 4.78 is 30.0. The topological polar surface area (TPSA) is 88.4 Å². The summed E-state index contributed by atoms with van der Waals surface area (Å²) in [7, 11) is -3.30. The van der Waals surface area contributed by atoms with Gasteiger partial charge >= 0.3 is 0 Å². The third kappa shape index (κ3) is 3.68. The molecule has 1 aliphatic carbocycles. The van der Waals surface area contributed by atoms with Crippen molar-refractivity contribution < 1.29 is 17.6 Å². The van der Waals surface area contributed by atoms with Crippen LogP contribution in [-0.2, 0) is 23.0 Å². The highest BCUT2D eigenvalue weighted by molar-refractivity contribution is 7.88. The van der Waals surface area contributed by atoms with Gasteiger partial charge in [0.05, 0.1) is 18.8 Å². The molecule has 2 atom stereocenters. The highest BCUT2D eigenvalue weighted by Gasteiger charge is 2.30. The molecule has 6 nitrogen and oxygen atoms in total. The zero-order valence-electron chi connectivity index (χ0n) is 13.6. The minimum Gasteiger partial charge on any atom is -0.455 e. The average molecular weight is 348 g/mol. The van der Waals surface area contributed by atoms with Gasteiger partial charge in [0.15, 0.2) is 5.76 Å². The first-order valence-corrected chi connectivity index (χ1v) is 9.64. The molecule has 0 fully saturated rings. The smallest absolute Gasteiger partial charge is 0.287 e. The van der Waals surface area contributed by atoms with Crippen LogP contribution in [0.15, 0.2) is 40.8 Å². The number of nitrogens with one attached hydrogen (secondary N) is 2. The second-order valence-corrected chi connectivity index (χ2v) is 8.02. The fraction of sp³-hybridized carbons (Fsp3) is 0.353. The van der Waals surface area contributed by atoms with Gasteiger partial charge in [-0.15, -0.1) is 0 Å². The molecule has 0 bridgehead atoms. The van der Waals surface area contributed by atoms with Gasteiger partial charge in [0.25, 0.3) is 5.91 Å². The van der Waals surface area contributed by atoms with Crippen molar-refractivity contribution in [1.29, 1.82) is 0 Å². The van der Waals surface area contributed by atoms with Gasteiger partial charge in [-0.3, -0.25) is 4.79 Å². The maximum Gasteiger partial charge on any atom is 0.287 e. The number of furan rings is 1. The lowest BCUT2D eigenvalue weighted by molar-refractivity contribution is 0.0897. The van der Waals surface area contributed by atoms with Gasteiger partial charge in [-0.1, -0.05) is 31.2 Å². The molecule has 128 valence electrons. The lowest BCUT2D eigenvalue weighted by atomic mass is 10.0. The molecule has 24 heavy (non-hydrogen) atoms. The SMILES string of the molecule is C[C@H]1Cc2ccccc2[C@H]1NC(=O)c1ccc(CNS(C)(=O)=O)o1. The molecule has 7 heteroatoms. The van der Waals surface area contributed by atoms with E-state index in [9.17, 15) is 13.2 Å². The molecule has 2 aromatic rings. The predicted molar refractivity (Wildman–Crippen MR) is 89.9 cm³/mol. The van der Waals surface area contributed by atoms with Crippen molar-refractivity contribution in [3.8, 4) is 0 Å². The predicted octanol–water partition coefficient (Wildman–Crippen LogP) is 1.99. The van der Waals surface area contributed by atoms with E-state index in [1.165, 1.54) is 5.56 Å². The number of sulfonamides is 1. The third-order valence-electron chi connectivity index (χ3n) is 4.18. The Kier molecular flexibility index (Phi) is 4.47. The van der Waals surface area contributed by atoms with Crippen molar-refractivity contribution in [2.24, 2.45) is 5.92 Å². The molecule has 1 heterocycles. The minimum absolute atomic E-state index is 0.0226. The van der Waals surface area contributed by atoms with Gasteiger partial charge in [-0.05, 0) is 35.6 Å². The molecule has 1 aliphatic rings.